The molecule has 0 saturated carbocycles. The first kappa shape index (κ1) is 15.8. The van der Waals surface area contributed by atoms with Crippen molar-refractivity contribution >= 4 is 22.5 Å². The number of para-hydroxylation sites is 1. The van der Waals surface area contributed by atoms with Crippen LogP contribution in [0.1, 0.15) is 16.2 Å². The Balaban J connectivity index is 1.69. The number of fused-ring (bicyclic) bond motifs is 2. The number of nitrogens with zero attached hydrogens (tertiary/aromatic N) is 4. The Kier molecular flexibility index (Phi) is 3.85. The maximum Gasteiger partial charge on any atom is 0.250 e. The summed E-state index contributed by atoms with van der Waals surface area (Å²) in [5.41, 5.74) is 7.08. The van der Waals surface area contributed by atoms with Crippen LogP contribution < -0.4 is 15.2 Å². The molecule has 26 heavy (non-hydrogen) atoms. The van der Waals surface area contributed by atoms with Gasteiger partial charge in [-0.2, -0.15) is 0 Å². The minimum absolute atomic E-state index is 0.153. The highest BCUT2D eigenvalue weighted by molar-refractivity contribution is 5.92. The monoisotopic (exact) mass is 349 g/mol. The molecule has 8 heteroatoms. The van der Waals surface area contributed by atoms with E-state index in [0.717, 1.165) is 10.9 Å². The lowest BCUT2D eigenvalue weighted by Gasteiger charge is -2.10. The SMILES string of the molecule is COc1cc(OCc2nnc3ccc(C(N)=O)cn23)c2ccccc2n1. The van der Waals surface area contributed by atoms with Gasteiger partial charge in [-0.05, 0) is 24.3 Å². The van der Waals surface area contributed by atoms with E-state index < -0.39 is 5.91 Å². The number of carbonyl (C=O) groups is 1. The second-order valence-corrected chi connectivity index (χ2v) is 5.60. The van der Waals surface area contributed by atoms with E-state index in [-0.39, 0.29) is 6.61 Å². The van der Waals surface area contributed by atoms with Gasteiger partial charge in [-0.3, -0.25) is 9.20 Å². The molecule has 0 aliphatic rings. The Bertz CT molecular complexity index is 1120. The van der Waals surface area contributed by atoms with Gasteiger partial charge in [0.15, 0.2) is 11.5 Å². The molecule has 1 amide bonds. The minimum Gasteiger partial charge on any atom is -0.485 e. The number of rotatable bonds is 5. The van der Waals surface area contributed by atoms with E-state index in [2.05, 4.69) is 15.2 Å². The Hall–Kier alpha value is -3.68. The highest BCUT2D eigenvalue weighted by Crippen LogP contribution is 2.28. The average Bonchev–Trinajstić information content (AvgIpc) is 3.08. The van der Waals surface area contributed by atoms with Crippen molar-refractivity contribution in [3.8, 4) is 11.6 Å². The van der Waals surface area contributed by atoms with Gasteiger partial charge in [0.05, 0.1) is 18.2 Å². The van der Waals surface area contributed by atoms with Crippen LogP contribution in [-0.2, 0) is 6.61 Å². The van der Waals surface area contributed by atoms with E-state index in [1.165, 1.54) is 0 Å². The predicted octanol–water partition coefficient (Wildman–Crippen LogP) is 1.96. The highest BCUT2D eigenvalue weighted by Gasteiger charge is 2.12. The summed E-state index contributed by atoms with van der Waals surface area (Å²) >= 11 is 0. The lowest BCUT2D eigenvalue weighted by Crippen LogP contribution is -2.12. The minimum atomic E-state index is -0.516. The van der Waals surface area contributed by atoms with Gasteiger partial charge >= 0.3 is 0 Å². The quantitative estimate of drug-likeness (QED) is 0.590. The van der Waals surface area contributed by atoms with E-state index in [1.807, 2.05) is 24.3 Å². The first-order valence-corrected chi connectivity index (χ1v) is 7.86. The van der Waals surface area contributed by atoms with Gasteiger partial charge in [-0.25, -0.2) is 4.98 Å². The molecule has 0 saturated heterocycles. The zero-order valence-electron chi connectivity index (χ0n) is 13.9. The molecule has 0 fully saturated rings. The third kappa shape index (κ3) is 2.77. The van der Waals surface area contributed by atoms with Crippen LogP contribution in [0.5, 0.6) is 11.6 Å². The van der Waals surface area contributed by atoms with Gasteiger partial charge in [-0.15, -0.1) is 10.2 Å². The fourth-order valence-corrected chi connectivity index (χ4v) is 2.67. The third-order valence-electron chi connectivity index (χ3n) is 3.98. The van der Waals surface area contributed by atoms with E-state index in [4.69, 9.17) is 15.2 Å². The molecule has 3 heterocycles. The smallest absolute Gasteiger partial charge is 0.250 e. The van der Waals surface area contributed by atoms with E-state index in [0.29, 0.717) is 28.7 Å². The van der Waals surface area contributed by atoms with Gasteiger partial charge in [-0.1, -0.05) is 12.1 Å². The Morgan fingerprint density at radius 3 is 2.85 bits per heavy atom. The van der Waals surface area contributed by atoms with Crippen LogP contribution in [0.15, 0.2) is 48.7 Å². The number of hydrogen-bond donors (Lipinski definition) is 1. The molecular weight excluding hydrogens is 334 g/mol. The molecule has 4 rings (SSSR count). The summed E-state index contributed by atoms with van der Waals surface area (Å²) in [6, 6.07) is 12.6. The summed E-state index contributed by atoms with van der Waals surface area (Å²) < 4.78 is 12.9. The summed E-state index contributed by atoms with van der Waals surface area (Å²) in [6.45, 7) is 0.153. The fraction of sp³-hybridized carbons (Fsp3) is 0.111. The maximum absolute atomic E-state index is 11.4. The number of nitrogens with two attached hydrogens (primary N) is 1. The van der Waals surface area contributed by atoms with E-state index in [9.17, 15) is 4.79 Å². The Morgan fingerprint density at radius 2 is 2.04 bits per heavy atom. The van der Waals surface area contributed by atoms with Crippen molar-refractivity contribution in [2.75, 3.05) is 7.11 Å². The molecular formula is C18H15N5O3. The van der Waals surface area contributed by atoms with Crippen LogP contribution in [0, 0.1) is 0 Å². The van der Waals surface area contributed by atoms with E-state index >= 15 is 0 Å². The molecule has 4 aromatic rings. The molecule has 0 radical (unpaired) electrons. The van der Waals surface area contributed by atoms with Gasteiger partial charge in [0, 0.05) is 17.6 Å². The van der Waals surface area contributed by atoms with Crippen molar-refractivity contribution in [2.45, 2.75) is 6.61 Å². The molecule has 0 aliphatic heterocycles. The van der Waals surface area contributed by atoms with Crippen LogP contribution in [0.2, 0.25) is 0 Å². The molecule has 0 aliphatic carbocycles. The fourth-order valence-electron chi connectivity index (χ4n) is 2.67. The molecule has 0 bridgehead atoms. The maximum atomic E-state index is 11.4. The molecule has 1 aromatic carbocycles. The standard InChI is InChI=1S/C18H15N5O3/c1-25-17-8-14(12-4-2-3-5-13(12)20-17)26-10-16-22-21-15-7-6-11(18(19)24)9-23(15)16/h2-9H,10H2,1H3,(H2,19,24). The summed E-state index contributed by atoms with van der Waals surface area (Å²) in [5, 5.41) is 9.05. The molecule has 3 aromatic heterocycles. The number of primary amides is 1. The van der Waals surface area contributed by atoms with Crippen molar-refractivity contribution in [3.63, 3.8) is 0 Å². The Labute approximate surface area is 148 Å². The number of amides is 1. The summed E-state index contributed by atoms with van der Waals surface area (Å²) in [4.78, 5) is 15.8. The van der Waals surface area contributed by atoms with Gasteiger partial charge < -0.3 is 15.2 Å². The summed E-state index contributed by atoms with van der Waals surface area (Å²) in [5.74, 6) is 1.11. The molecule has 0 spiro atoms. The van der Waals surface area contributed by atoms with E-state index in [1.54, 1.807) is 35.9 Å². The molecule has 130 valence electrons. The van der Waals surface area contributed by atoms with Crippen molar-refractivity contribution in [1.82, 2.24) is 19.6 Å². The van der Waals surface area contributed by atoms with Crippen LogP contribution in [0.25, 0.3) is 16.6 Å². The van der Waals surface area contributed by atoms with Crippen molar-refractivity contribution in [3.05, 3.63) is 60.0 Å². The van der Waals surface area contributed by atoms with Crippen molar-refractivity contribution in [1.29, 1.82) is 0 Å². The number of benzene rings is 1. The van der Waals surface area contributed by atoms with Crippen molar-refractivity contribution < 1.29 is 14.3 Å². The third-order valence-corrected chi connectivity index (χ3v) is 3.98. The predicted molar refractivity (Wildman–Crippen MR) is 94.1 cm³/mol. The van der Waals surface area contributed by atoms with Crippen molar-refractivity contribution in [2.24, 2.45) is 5.73 Å². The number of carbonyl (C=O) groups excluding carboxylic acids is 1. The first-order chi connectivity index (χ1) is 12.7. The van der Waals surface area contributed by atoms with Crippen LogP contribution >= 0.6 is 0 Å². The number of pyridine rings is 2. The largest absolute Gasteiger partial charge is 0.485 e. The highest BCUT2D eigenvalue weighted by atomic mass is 16.5. The van der Waals surface area contributed by atoms with Gasteiger partial charge in [0.25, 0.3) is 0 Å². The molecule has 8 nitrogen and oxygen atoms in total. The zero-order valence-corrected chi connectivity index (χ0v) is 13.9. The zero-order chi connectivity index (χ0) is 18.1. The molecule has 0 unspecified atom stereocenters. The second kappa shape index (κ2) is 6.32. The normalized spacial score (nSPS) is 11.0. The number of hydrogen-bond acceptors (Lipinski definition) is 6. The summed E-state index contributed by atoms with van der Waals surface area (Å²) in [6.07, 6.45) is 1.60. The van der Waals surface area contributed by atoms with Crippen LogP contribution in [0.3, 0.4) is 0 Å². The number of aromatic nitrogens is 4. The Morgan fingerprint density at radius 1 is 1.19 bits per heavy atom. The first-order valence-electron chi connectivity index (χ1n) is 7.86. The average molecular weight is 349 g/mol. The molecule has 0 atom stereocenters. The number of ether oxygens (including phenoxy) is 2. The van der Waals surface area contributed by atoms with Crippen LogP contribution in [-0.4, -0.2) is 32.6 Å². The summed E-state index contributed by atoms with van der Waals surface area (Å²) in [7, 11) is 1.55. The van der Waals surface area contributed by atoms with Gasteiger partial charge in [0.2, 0.25) is 11.8 Å². The lowest BCUT2D eigenvalue weighted by atomic mass is 10.2. The second-order valence-electron chi connectivity index (χ2n) is 5.60. The lowest BCUT2D eigenvalue weighted by molar-refractivity contribution is 0.1000. The van der Waals surface area contributed by atoms with Crippen LogP contribution in [0.4, 0.5) is 0 Å². The topological polar surface area (TPSA) is 105 Å². The number of methoxy groups -OCH3 is 1. The van der Waals surface area contributed by atoms with Gasteiger partial charge in [0.1, 0.15) is 12.4 Å². The molecule has 2 N–H and O–H groups in total.